The fourth-order valence-electron chi connectivity index (χ4n) is 3.54. The summed E-state index contributed by atoms with van der Waals surface area (Å²) in [7, 11) is 0. The van der Waals surface area contributed by atoms with Gasteiger partial charge < -0.3 is 10.1 Å². The van der Waals surface area contributed by atoms with Crippen LogP contribution in [0.5, 0.6) is 0 Å². The van der Waals surface area contributed by atoms with Crippen LogP contribution >= 0.6 is 0 Å². The molecule has 1 aromatic heterocycles. The molecule has 0 saturated heterocycles. The fourth-order valence-corrected chi connectivity index (χ4v) is 3.54. The van der Waals surface area contributed by atoms with Gasteiger partial charge in [-0.25, -0.2) is 9.37 Å². The minimum Gasteiger partial charge on any atom is -0.453 e. The number of carbonyl (C=O) groups is 2. The summed E-state index contributed by atoms with van der Waals surface area (Å²) in [6, 6.07) is 13.1. The lowest BCUT2D eigenvalue weighted by Crippen LogP contribution is -2.35. The van der Waals surface area contributed by atoms with Crippen LogP contribution in [0.1, 0.15) is 43.6 Å². The first-order valence-corrected chi connectivity index (χ1v) is 10.6. The number of hydrogen-bond donors (Lipinski definition) is 1. The van der Waals surface area contributed by atoms with Crippen molar-refractivity contribution in [1.29, 1.82) is 0 Å². The SMILES string of the molecule is CC(OC(=O)CCc1nc2ccccc2c(=O)n1C1CC1)C(=O)NCc1ccc(F)cc1. The summed E-state index contributed by atoms with van der Waals surface area (Å²) in [5, 5.41) is 3.23. The topological polar surface area (TPSA) is 90.3 Å². The minimum absolute atomic E-state index is 0.00703. The first kappa shape index (κ1) is 21.7. The van der Waals surface area contributed by atoms with Gasteiger partial charge in [-0.3, -0.25) is 19.0 Å². The molecule has 1 amide bonds. The zero-order chi connectivity index (χ0) is 22.7. The van der Waals surface area contributed by atoms with Gasteiger partial charge in [0.1, 0.15) is 11.6 Å². The highest BCUT2D eigenvalue weighted by atomic mass is 19.1. The summed E-state index contributed by atoms with van der Waals surface area (Å²) < 4.78 is 19.9. The number of para-hydroxylation sites is 1. The van der Waals surface area contributed by atoms with Gasteiger partial charge in [0.2, 0.25) is 0 Å². The Balaban J connectivity index is 1.35. The fraction of sp³-hybridized carbons (Fsp3) is 0.333. The Kier molecular flexibility index (Phi) is 6.30. The number of rotatable bonds is 8. The maximum atomic E-state index is 13.0. The molecule has 1 aliphatic rings. The predicted molar refractivity (Wildman–Crippen MR) is 116 cm³/mol. The summed E-state index contributed by atoms with van der Waals surface area (Å²) in [4.78, 5) is 42.0. The molecular weight excluding hydrogens is 413 g/mol. The maximum absolute atomic E-state index is 13.0. The van der Waals surface area contributed by atoms with Crippen molar-refractivity contribution >= 4 is 22.8 Å². The molecule has 0 radical (unpaired) electrons. The van der Waals surface area contributed by atoms with Crippen molar-refractivity contribution in [3.63, 3.8) is 0 Å². The van der Waals surface area contributed by atoms with Crippen LogP contribution in [0.4, 0.5) is 4.39 Å². The number of ether oxygens (including phenoxy) is 1. The molecule has 0 aliphatic heterocycles. The quantitative estimate of drug-likeness (QED) is 0.547. The van der Waals surface area contributed by atoms with E-state index in [1.807, 2.05) is 12.1 Å². The molecule has 1 fully saturated rings. The first-order valence-electron chi connectivity index (χ1n) is 10.6. The Morgan fingerprint density at radius 1 is 1.19 bits per heavy atom. The molecule has 2 aromatic carbocycles. The zero-order valence-electron chi connectivity index (χ0n) is 17.7. The van der Waals surface area contributed by atoms with Crippen LogP contribution in [-0.2, 0) is 27.3 Å². The molecular formula is C24H24FN3O4. The summed E-state index contributed by atoms with van der Waals surface area (Å²) in [5.41, 5.74) is 1.25. The van der Waals surface area contributed by atoms with Gasteiger partial charge in [0.15, 0.2) is 6.10 Å². The van der Waals surface area contributed by atoms with E-state index in [2.05, 4.69) is 10.3 Å². The number of nitrogens with one attached hydrogen (secondary N) is 1. The second kappa shape index (κ2) is 9.30. The second-order valence-corrected chi connectivity index (χ2v) is 7.93. The van der Waals surface area contributed by atoms with E-state index >= 15 is 0 Å². The van der Waals surface area contributed by atoms with E-state index in [9.17, 15) is 18.8 Å². The van der Waals surface area contributed by atoms with Crippen LogP contribution in [0, 0.1) is 5.82 Å². The van der Waals surface area contributed by atoms with Gasteiger partial charge in [-0.2, -0.15) is 0 Å². The van der Waals surface area contributed by atoms with E-state index in [-0.39, 0.29) is 36.8 Å². The highest BCUT2D eigenvalue weighted by Crippen LogP contribution is 2.34. The largest absolute Gasteiger partial charge is 0.453 e. The lowest BCUT2D eigenvalue weighted by molar-refractivity contribution is -0.154. The third kappa shape index (κ3) is 5.01. The number of esters is 1. The molecule has 1 aliphatic carbocycles. The monoisotopic (exact) mass is 437 g/mol. The van der Waals surface area contributed by atoms with E-state index in [1.54, 1.807) is 28.8 Å². The Hall–Kier alpha value is -3.55. The summed E-state index contributed by atoms with van der Waals surface area (Å²) in [6.45, 7) is 1.70. The molecule has 1 unspecified atom stereocenters. The van der Waals surface area contributed by atoms with Crippen molar-refractivity contribution in [2.24, 2.45) is 0 Å². The molecule has 1 N–H and O–H groups in total. The number of hydrogen-bond acceptors (Lipinski definition) is 5. The molecule has 0 bridgehead atoms. The summed E-state index contributed by atoms with van der Waals surface area (Å²) >= 11 is 0. The van der Waals surface area contributed by atoms with Crippen LogP contribution in [-0.4, -0.2) is 27.5 Å². The van der Waals surface area contributed by atoms with Gasteiger partial charge in [-0.15, -0.1) is 0 Å². The van der Waals surface area contributed by atoms with Crippen LogP contribution in [0.25, 0.3) is 10.9 Å². The third-order valence-electron chi connectivity index (χ3n) is 5.40. The molecule has 8 heteroatoms. The Morgan fingerprint density at radius 2 is 1.91 bits per heavy atom. The Labute approximate surface area is 184 Å². The van der Waals surface area contributed by atoms with Crippen molar-refractivity contribution in [1.82, 2.24) is 14.9 Å². The van der Waals surface area contributed by atoms with Crippen LogP contribution in [0.15, 0.2) is 53.3 Å². The molecule has 1 saturated carbocycles. The molecule has 1 heterocycles. The minimum atomic E-state index is -0.974. The normalized spacial score (nSPS) is 14.2. The average molecular weight is 437 g/mol. The highest BCUT2D eigenvalue weighted by molar-refractivity contribution is 5.83. The summed E-state index contributed by atoms with van der Waals surface area (Å²) in [5.74, 6) is -0.780. The van der Waals surface area contributed by atoms with Gasteiger partial charge in [0, 0.05) is 19.0 Å². The molecule has 4 rings (SSSR count). The van der Waals surface area contributed by atoms with Crippen molar-refractivity contribution < 1.29 is 18.7 Å². The van der Waals surface area contributed by atoms with Gasteiger partial charge in [-0.05, 0) is 49.6 Å². The zero-order valence-corrected chi connectivity index (χ0v) is 17.7. The van der Waals surface area contributed by atoms with Crippen molar-refractivity contribution in [2.45, 2.75) is 51.3 Å². The predicted octanol–water partition coefficient (Wildman–Crippen LogP) is 3.05. The van der Waals surface area contributed by atoms with Crippen LogP contribution in [0.3, 0.4) is 0 Å². The number of amides is 1. The third-order valence-corrected chi connectivity index (χ3v) is 5.40. The maximum Gasteiger partial charge on any atom is 0.307 e. The smallest absolute Gasteiger partial charge is 0.307 e. The number of aromatic nitrogens is 2. The molecule has 7 nitrogen and oxygen atoms in total. The average Bonchev–Trinajstić information content (AvgIpc) is 3.62. The van der Waals surface area contributed by atoms with Gasteiger partial charge >= 0.3 is 5.97 Å². The van der Waals surface area contributed by atoms with E-state index in [1.165, 1.54) is 19.1 Å². The second-order valence-electron chi connectivity index (χ2n) is 7.93. The van der Waals surface area contributed by atoms with E-state index in [4.69, 9.17) is 4.74 Å². The number of halogens is 1. The van der Waals surface area contributed by atoms with E-state index in [0.29, 0.717) is 16.7 Å². The number of carbonyl (C=O) groups excluding carboxylic acids is 2. The number of fused-ring (bicyclic) bond motifs is 1. The lowest BCUT2D eigenvalue weighted by atomic mass is 10.2. The number of aryl methyl sites for hydroxylation is 1. The number of benzene rings is 2. The molecule has 3 aromatic rings. The first-order chi connectivity index (χ1) is 15.4. The van der Waals surface area contributed by atoms with Gasteiger partial charge in [-0.1, -0.05) is 24.3 Å². The lowest BCUT2D eigenvalue weighted by Gasteiger charge is -2.15. The molecule has 32 heavy (non-hydrogen) atoms. The highest BCUT2D eigenvalue weighted by Gasteiger charge is 2.28. The van der Waals surface area contributed by atoms with E-state index in [0.717, 1.165) is 18.4 Å². The van der Waals surface area contributed by atoms with E-state index < -0.39 is 18.0 Å². The van der Waals surface area contributed by atoms with Crippen LogP contribution in [0.2, 0.25) is 0 Å². The number of nitrogens with zero attached hydrogens (tertiary/aromatic N) is 2. The Bertz CT molecular complexity index is 1200. The Morgan fingerprint density at radius 3 is 2.62 bits per heavy atom. The van der Waals surface area contributed by atoms with Crippen molar-refractivity contribution in [2.75, 3.05) is 0 Å². The van der Waals surface area contributed by atoms with Gasteiger partial charge in [0.05, 0.1) is 17.3 Å². The molecule has 166 valence electrons. The van der Waals surface area contributed by atoms with Crippen molar-refractivity contribution in [3.8, 4) is 0 Å². The van der Waals surface area contributed by atoms with Gasteiger partial charge in [0.25, 0.3) is 11.5 Å². The molecule has 0 spiro atoms. The standard InChI is InChI=1S/C24H24FN3O4/c1-15(23(30)26-14-16-6-8-17(25)9-7-16)32-22(29)13-12-21-27-20-5-3-2-4-19(20)24(31)28(21)18-10-11-18/h2-9,15,18H,10-14H2,1H3,(H,26,30). The van der Waals surface area contributed by atoms with Crippen molar-refractivity contribution in [3.05, 3.63) is 76.1 Å². The summed E-state index contributed by atoms with van der Waals surface area (Å²) in [6.07, 6.45) is 1.12. The van der Waals surface area contributed by atoms with Crippen LogP contribution < -0.4 is 10.9 Å². The molecule has 1 atom stereocenters.